The van der Waals surface area contributed by atoms with E-state index in [0.717, 1.165) is 5.56 Å². The van der Waals surface area contributed by atoms with E-state index < -0.39 is 41.6 Å². The lowest BCUT2D eigenvalue weighted by atomic mass is 9.87. The van der Waals surface area contributed by atoms with Crippen LogP contribution < -0.4 is 0 Å². The SMILES string of the molecule is CN(C(=O)OC(C)(C)C)C(CC(C)(C)C)C(=O)OC(Cc1ccc(F)cc1)C(=O)OCc1ccccc1. The molecule has 2 atom stereocenters. The van der Waals surface area contributed by atoms with Gasteiger partial charge in [0.05, 0.1) is 0 Å². The van der Waals surface area contributed by atoms with Gasteiger partial charge >= 0.3 is 18.0 Å². The largest absolute Gasteiger partial charge is 0.458 e. The van der Waals surface area contributed by atoms with Crippen molar-refractivity contribution in [1.82, 2.24) is 4.90 Å². The van der Waals surface area contributed by atoms with Crippen LogP contribution in [0.2, 0.25) is 0 Å². The Balaban J connectivity index is 2.27. The number of nitrogens with zero attached hydrogens (tertiary/aromatic N) is 1. The van der Waals surface area contributed by atoms with Gasteiger partial charge in [-0.05, 0) is 55.9 Å². The van der Waals surface area contributed by atoms with Gasteiger partial charge in [0.1, 0.15) is 24.1 Å². The van der Waals surface area contributed by atoms with Crippen molar-refractivity contribution >= 4 is 18.0 Å². The quantitative estimate of drug-likeness (QED) is 0.315. The fourth-order valence-corrected chi connectivity index (χ4v) is 3.47. The Labute approximate surface area is 218 Å². The molecule has 0 aliphatic rings. The van der Waals surface area contributed by atoms with E-state index >= 15 is 0 Å². The predicted molar refractivity (Wildman–Crippen MR) is 138 cm³/mol. The minimum absolute atomic E-state index is 0.000370. The minimum atomic E-state index is -1.30. The third-order valence-corrected chi connectivity index (χ3v) is 5.31. The predicted octanol–water partition coefficient (Wildman–Crippen LogP) is 5.70. The molecular weight excluding hydrogens is 477 g/mol. The number of hydrogen-bond donors (Lipinski definition) is 0. The van der Waals surface area contributed by atoms with Gasteiger partial charge < -0.3 is 14.2 Å². The highest BCUT2D eigenvalue weighted by atomic mass is 19.1. The maximum absolute atomic E-state index is 13.4. The first-order chi connectivity index (χ1) is 17.1. The van der Waals surface area contributed by atoms with E-state index in [-0.39, 0.29) is 24.9 Å². The molecule has 2 rings (SSSR count). The van der Waals surface area contributed by atoms with E-state index in [1.807, 2.05) is 51.1 Å². The average Bonchev–Trinajstić information content (AvgIpc) is 2.80. The Kier molecular flexibility index (Phi) is 10.2. The molecule has 37 heavy (non-hydrogen) atoms. The molecule has 0 bridgehead atoms. The van der Waals surface area contributed by atoms with Crippen molar-refractivity contribution < 1.29 is 33.0 Å². The van der Waals surface area contributed by atoms with Crippen molar-refractivity contribution in [2.75, 3.05) is 7.05 Å². The molecule has 2 aromatic carbocycles. The van der Waals surface area contributed by atoms with Gasteiger partial charge in [-0.25, -0.2) is 18.8 Å². The van der Waals surface area contributed by atoms with E-state index in [4.69, 9.17) is 14.2 Å². The number of halogens is 1. The summed E-state index contributed by atoms with van der Waals surface area (Å²) in [4.78, 5) is 40.4. The molecule has 0 aromatic heterocycles. The van der Waals surface area contributed by atoms with E-state index in [1.165, 1.54) is 36.2 Å². The topological polar surface area (TPSA) is 82.1 Å². The number of ether oxygens (including phenoxy) is 3. The van der Waals surface area contributed by atoms with Gasteiger partial charge in [-0.2, -0.15) is 0 Å². The summed E-state index contributed by atoms with van der Waals surface area (Å²) >= 11 is 0. The molecule has 0 saturated carbocycles. The number of rotatable bonds is 9. The van der Waals surface area contributed by atoms with Crippen molar-refractivity contribution in [3.8, 4) is 0 Å². The van der Waals surface area contributed by atoms with Crippen molar-refractivity contribution in [1.29, 1.82) is 0 Å². The third-order valence-electron chi connectivity index (χ3n) is 5.31. The summed E-state index contributed by atoms with van der Waals surface area (Å²) in [7, 11) is 1.47. The Morgan fingerprint density at radius 2 is 1.46 bits per heavy atom. The van der Waals surface area contributed by atoms with E-state index in [2.05, 4.69) is 0 Å². The molecule has 0 aliphatic heterocycles. The van der Waals surface area contributed by atoms with Gasteiger partial charge in [0, 0.05) is 13.5 Å². The number of amides is 1. The molecule has 2 unspecified atom stereocenters. The fourth-order valence-electron chi connectivity index (χ4n) is 3.47. The van der Waals surface area contributed by atoms with Crippen LogP contribution in [0.25, 0.3) is 0 Å². The Morgan fingerprint density at radius 3 is 2.00 bits per heavy atom. The monoisotopic (exact) mass is 515 g/mol. The molecule has 0 radical (unpaired) electrons. The van der Waals surface area contributed by atoms with Crippen LogP contribution >= 0.6 is 0 Å². The van der Waals surface area contributed by atoms with E-state index in [1.54, 1.807) is 20.8 Å². The second kappa shape index (κ2) is 12.7. The normalized spacial score (nSPS) is 13.3. The van der Waals surface area contributed by atoms with Gasteiger partial charge in [-0.1, -0.05) is 63.2 Å². The second-order valence-electron chi connectivity index (χ2n) is 11.2. The lowest BCUT2D eigenvalue weighted by molar-refractivity contribution is -0.172. The Hall–Kier alpha value is -3.42. The van der Waals surface area contributed by atoms with E-state index in [0.29, 0.717) is 5.56 Å². The summed E-state index contributed by atoms with van der Waals surface area (Å²) in [5.74, 6) is -1.92. The number of esters is 2. The summed E-state index contributed by atoms with van der Waals surface area (Å²) in [5, 5.41) is 0. The summed E-state index contributed by atoms with van der Waals surface area (Å²) in [6.07, 6.45) is -1.72. The lowest BCUT2D eigenvalue weighted by Gasteiger charge is -2.33. The number of carbonyl (C=O) groups is 3. The summed E-state index contributed by atoms with van der Waals surface area (Å²) < 4.78 is 30.0. The fraction of sp³-hybridized carbons (Fsp3) is 0.483. The van der Waals surface area contributed by atoms with Crippen LogP contribution in [-0.2, 0) is 36.8 Å². The van der Waals surface area contributed by atoms with Crippen molar-refractivity contribution in [2.24, 2.45) is 5.41 Å². The number of likely N-dealkylation sites (N-methyl/N-ethyl adjacent to an activating group) is 1. The zero-order valence-corrected chi connectivity index (χ0v) is 22.7. The number of carbonyl (C=O) groups excluding carboxylic acids is 3. The van der Waals surface area contributed by atoms with Gasteiger partial charge in [0.25, 0.3) is 0 Å². The number of benzene rings is 2. The molecule has 0 fully saturated rings. The van der Waals surface area contributed by atoms with Gasteiger partial charge in [0.15, 0.2) is 0 Å². The Morgan fingerprint density at radius 1 is 0.865 bits per heavy atom. The zero-order valence-electron chi connectivity index (χ0n) is 22.7. The highest BCUT2D eigenvalue weighted by Gasteiger charge is 2.37. The van der Waals surface area contributed by atoms with Crippen molar-refractivity contribution in [3.63, 3.8) is 0 Å². The second-order valence-corrected chi connectivity index (χ2v) is 11.2. The molecule has 0 aliphatic carbocycles. The molecule has 7 nitrogen and oxygen atoms in total. The summed E-state index contributed by atoms with van der Waals surface area (Å²) in [5.41, 5.74) is 0.260. The smallest absolute Gasteiger partial charge is 0.410 e. The van der Waals surface area contributed by atoms with Crippen LogP contribution in [0.4, 0.5) is 9.18 Å². The van der Waals surface area contributed by atoms with Crippen LogP contribution in [0, 0.1) is 11.2 Å². The van der Waals surface area contributed by atoms with Crippen molar-refractivity contribution in [2.45, 2.75) is 78.7 Å². The highest BCUT2D eigenvalue weighted by molar-refractivity contribution is 5.85. The molecule has 1 amide bonds. The van der Waals surface area contributed by atoms with Gasteiger partial charge in [0.2, 0.25) is 6.10 Å². The van der Waals surface area contributed by atoms with Crippen LogP contribution in [-0.4, -0.2) is 47.7 Å². The van der Waals surface area contributed by atoms with Gasteiger partial charge in [-0.15, -0.1) is 0 Å². The standard InChI is InChI=1S/C29H38FNO6/c1-28(2,3)18-23(31(7)27(34)37-29(4,5)6)25(32)36-24(17-20-13-15-22(30)16-14-20)26(33)35-19-21-11-9-8-10-12-21/h8-16,23-24H,17-19H2,1-7H3. The first-order valence-corrected chi connectivity index (χ1v) is 12.3. The first kappa shape index (κ1) is 29.8. The zero-order chi connectivity index (χ0) is 27.8. The summed E-state index contributed by atoms with van der Waals surface area (Å²) in [6, 6.07) is 13.7. The molecule has 0 N–H and O–H groups in total. The molecular formula is C29H38FNO6. The van der Waals surface area contributed by atoms with E-state index in [9.17, 15) is 18.8 Å². The average molecular weight is 516 g/mol. The molecule has 2 aromatic rings. The molecule has 202 valence electrons. The van der Waals surface area contributed by atoms with Crippen LogP contribution in [0.15, 0.2) is 54.6 Å². The van der Waals surface area contributed by atoms with Crippen LogP contribution in [0.3, 0.4) is 0 Å². The van der Waals surface area contributed by atoms with Crippen LogP contribution in [0.1, 0.15) is 59.1 Å². The maximum atomic E-state index is 13.4. The Bertz CT molecular complexity index is 1040. The third kappa shape index (κ3) is 10.6. The molecule has 8 heteroatoms. The number of hydrogen-bond acceptors (Lipinski definition) is 6. The molecule has 0 saturated heterocycles. The first-order valence-electron chi connectivity index (χ1n) is 12.3. The molecule has 0 heterocycles. The summed E-state index contributed by atoms with van der Waals surface area (Å²) in [6.45, 7) is 11.0. The van der Waals surface area contributed by atoms with Crippen molar-refractivity contribution in [3.05, 3.63) is 71.5 Å². The minimum Gasteiger partial charge on any atom is -0.458 e. The maximum Gasteiger partial charge on any atom is 0.410 e. The van der Waals surface area contributed by atoms with Crippen LogP contribution in [0.5, 0.6) is 0 Å². The van der Waals surface area contributed by atoms with Gasteiger partial charge in [-0.3, -0.25) is 4.90 Å². The highest BCUT2D eigenvalue weighted by Crippen LogP contribution is 2.26. The lowest BCUT2D eigenvalue weighted by Crippen LogP contribution is -2.48. The molecule has 0 spiro atoms.